The summed E-state index contributed by atoms with van der Waals surface area (Å²) in [6.45, 7) is 1.88. The molecule has 5 rings (SSSR count). The molecule has 2 saturated heterocycles. The van der Waals surface area contributed by atoms with Gasteiger partial charge < -0.3 is 4.74 Å². The molecule has 1 spiro atoms. The number of ether oxygens (including phenoxy) is 1. The third-order valence-corrected chi connectivity index (χ3v) is 6.42. The fraction of sp³-hybridized carbons (Fsp3) is 0.500. The second-order valence-corrected chi connectivity index (χ2v) is 7.24. The molecule has 2 saturated carbocycles. The van der Waals surface area contributed by atoms with Gasteiger partial charge in [-0.2, -0.15) is 0 Å². The van der Waals surface area contributed by atoms with E-state index in [4.69, 9.17) is 4.74 Å². The Balaban J connectivity index is 1.64. The molecule has 1 unspecified atom stereocenters. The minimum absolute atomic E-state index is 0.0509. The van der Waals surface area contributed by atoms with Gasteiger partial charge in [-0.15, -0.1) is 0 Å². The van der Waals surface area contributed by atoms with Crippen LogP contribution in [0.3, 0.4) is 0 Å². The van der Waals surface area contributed by atoms with Crippen molar-refractivity contribution >= 4 is 17.3 Å². The van der Waals surface area contributed by atoms with Gasteiger partial charge in [-0.05, 0) is 25.3 Å². The van der Waals surface area contributed by atoms with Crippen LogP contribution in [0.15, 0.2) is 30.3 Å². The summed E-state index contributed by atoms with van der Waals surface area (Å²) in [6.07, 6.45) is 0.890. The van der Waals surface area contributed by atoms with Gasteiger partial charge in [0.15, 0.2) is 17.3 Å². The van der Waals surface area contributed by atoms with Crippen molar-refractivity contribution in [1.82, 2.24) is 0 Å². The van der Waals surface area contributed by atoms with Crippen molar-refractivity contribution in [1.29, 1.82) is 0 Å². The van der Waals surface area contributed by atoms with Gasteiger partial charge in [-0.3, -0.25) is 14.4 Å². The summed E-state index contributed by atoms with van der Waals surface area (Å²) < 4.78 is 5.95. The number of carbonyl (C=O) groups excluding carboxylic acids is 3. The average Bonchev–Trinajstić information content (AvgIpc) is 3.15. The van der Waals surface area contributed by atoms with Gasteiger partial charge in [-0.25, -0.2) is 0 Å². The Labute approximate surface area is 127 Å². The van der Waals surface area contributed by atoms with Crippen LogP contribution in [0.25, 0.3) is 0 Å². The summed E-state index contributed by atoms with van der Waals surface area (Å²) >= 11 is 0. The normalized spacial score (nSPS) is 44.0. The van der Waals surface area contributed by atoms with Crippen molar-refractivity contribution in [2.24, 2.45) is 17.3 Å². The van der Waals surface area contributed by atoms with E-state index in [0.717, 1.165) is 18.4 Å². The van der Waals surface area contributed by atoms with Crippen molar-refractivity contribution in [2.45, 2.75) is 37.4 Å². The van der Waals surface area contributed by atoms with Gasteiger partial charge in [0.2, 0.25) is 0 Å². The van der Waals surface area contributed by atoms with E-state index < -0.39 is 34.9 Å². The topological polar surface area (TPSA) is 60.4 Å². The van der Waals surface area contributed by atoms with Crippen LogP contribution >= 0.6 is 0 Å². The van der Waals surface area contributed by atoms with Crippen molar-refractivity contribution < 1.29 is 19.1 Å². The van der Waals surface area contributed by atoms with E-state index >= 15 is 0 Å². The van der Waals surface area contributed by atoms with Gasteiger partial charge in [0.25, 0.3) is 0 Å². The summed E-state index contributed by atoms with van der Waals surface area (Å²) in [5.74, 6) is -1.85. The standard InChI is InChI=1S/C18H16O4/c1-17-12-11(15(22-17)16(21)18(17)7-8-18)13(19)10(14(12)20)9-5-3-2-4-6-9/h2-6,10-12,15H,7-8H2,1H3/t10?,11-,12+,15+,17-/m0/s1. The first-order chi connectivity index (χ1) is 10.5. The highest BCUT2D eigenvalue weighted by Gasteiger charge is 2.82. The smallest absolute Gasteiger partial charge is 0.171 e. The van der Waals surface area contributed by atoms with Gasteiger partial charge >= 0.3 is 0 Å². The number of Topliss-reactive ketones (excluding diaryl/α,β-unsaturated/α-hetero) is 3. The summed E-state index contributed by atoms with van der Waals surface area (Å²) in [5, 5.41) is 0. The summed E-state index contributed by atoms with van der Waals surface area (Å²) in [7, 11) is 0. The molecule has 112 valence electrons. The van der Waals surface area contributed by atoms with Crippen molar-refractivity contribution in [3.63, 3.8) is 0 Å². The van der Waals surface area contributed by atoms with Gasteiger partial charge in [0, 0.05) is 0 Å². The fourth-order valence-electron chi connectivity index (χ4n) is 5.19. The lowest BCUT2D eigenvalue weighted by Gasteiger charge is -2.34. The number of carbonyl (C=O) groups is 3. The van der Waals surface area contributed by atoms with Gasteiger partial charge in [0.1, 0.15) is 12.0 Å². The second kappa shape index (κ2) is 3.57. The van der Waals surface area contributed by atoms with Crippen molar-refractivity contribution in [3.8, 4) is 0 Å². The first-order valence-electron chi connectivity index (χ1n) is 7.86. The average molecular weight is 296 g/mol. The van der Waals surface area contributed by atoms with Crippen LogP contribution < -0.4 is 0 Å². The molecule has 4 aliphatic rings. The Morgan fingerprint density at radius 2 is 1.73 bits per heavy atom. The zero-order valence-electron chi connectivity index (χ0n) is 12.2. The van der Waals surface area contributed by atoms with E-state index in [-0.39, 0.29) is 17.3 Å². The minimum Gasteiger partial charge on any atom is -0.362 e. The van der Waals surface area contributed by atoms with Crippen LogP contribution in [-0.4, -0.2) is 29.1 Å². The molecule has 0 amide bonds. The van der Waals surface area contributed by atoms with E-state index in [1.165, 1.54) is 0 Å². The molecule has 22 heavy (non-hydrogen) atoms. The first-order valence-corrected chi connectivity index (χ1v) is 7.86. The number of hydrogen-bond donors (Lipinski definition) is 0. The van der Waals surface area contributed by atoms with Crippen LogP contribution in [0.5, 0.6) is 0 Å². The number of rotatable bonds is 1. The molecule has 5 atom stereocenters. The molecule has 4 fully saturated rings. The lowest BCUT2D eigenvalue weighted by Crippen LogP contribution is -2.49. The summed E-state index contributed by atoms with van der Waals surface area (Å²) in [6, 6.07) is 9.18. The molecule has 0 radical (unpaired) electrons. The Morgan fingerprint density at radius 3 is 2.36 bits per heavy atom. The Morgan fingerprint density at radius 1 is 1.05 bits per heavy atom. The zero-order chi connectivity index (χ0) is 15.3. The monoisotopic (exact) mass is 296 g/mol. The molecule has 4 heteroatoms. The highest BCUT2D eigenvalue weighted by Crippen LogP contribution is 2.71. The molecular weight excluding hydrogens is 280 g/mol. The van der Waals surface area contributed by atoms with E-state index in [2.05, 4.69) is 0 Å². The molecule has 2 bridgehead atoms. The predicted octanol–water partition coefficient (Wildman–Crippen LogP) is 1.67. The van der Waals surface area contributed by atoms with E-state index in [0.29, 0.717) is 0 Å². The van der Waals surface area contributed by atoms with Gasteiger partial charge in [0.05, 0.1) is 22.9 Å². The van der Waals surface area contributed by atoms with Crippen LogP contribution in [0.2, 0.25) is 0 Å². The fourth-order valence-corrected chi connectivity index (χ4v) is 5.19. The predicted molar refractivity (Wildman–Crippen MR) is 76.1 cm³/mol. The van der Waals surface area contributed by atoms with Crippen molar-refractivity contribution in [3.05, 3.63) is 35.9 Å². The number of ketones is 3. The van der Waals surface area contributed by atoms with E-state index in [1.807, 2.05) is 37.3 Å². The lowest BCUT2D eigenvalue weighted by atomic mass is 9.65. The molecule has 2 aliphatic heterocycles. The van der Waals surface area contributed by atoms with Crippen LogP contribution in [0.4, 0.5) is 0 Å². The molecule has 0 aromatic heterocycles. The van der Waals surface area contributed by atoms with Gasteiger partial charge in [-0.1, -0.05) is 30.3 Å². The largest absolute Gasteiger partial charge is 0.362 e. The first kappa shape index (κ1) is 12.7. The van der Waals surface area contributed by atoms with E-state index in [1.54, 1.807) is 0 Å². The molecule has 4 nitrogen and oxygen atoms in total. The SMILES string of the molecule is C[C@@]12O[C@@H](C(=O)C13CC3)[C@@H]1C(=O)C(c3ccccc3)C(=O)[C@@H]12. The maximum absolute atomic E-state index is 13.0. The third-order valence-electron chi connectivity index (χ3n) is 6.42. The number of fused-ring (bicyclic) bond motifs is 6. The summed E-state index contributed by atoms with van der Waals surface area (Å²) in [5.41, 5.74) is -0.511. The maximum Gasteiger partial charge on any atom is 0.171 e. The molecule has 0 N–H and O–H groups in total. The minimum atomic E-state index is -0.768. The number of hydrogen-bond acceptors (Lipinski definition) is 4. The Bertz CT molecular complexity index is 733. The Hall–Kier alpha value is -1.81. The Kier molecular flexibility index (Phi) is 2.06. The molecule has 2 aliphatic carbocycles. The van der Waals surface area contributed by atoms with Crippen molar-refractivity contribution in [2.75, 3.05) is 0 Å². The summed E-state index contributed by atoms with van der Waals surface area (Å²) in [4.78, 5) is 38.5. The molecular formula is C18H16O4. The van der Waals surface area contributed by atoms with Crippen LogP contribution in [0.1, 0.15) is 31.2 Å². The zero-order valence-corrected chi connectivity index (χ0v) is 12.2. The molecule has 1 aromatic carbocycles. The highest BCUT2D eigenvalue weighted by atomic mass is 16.5. The van der Waals surface area contributed by atoms with E-state index in [9.17, 15) is 14.4 Å². The maximum atomic E-state index is 13.0. The molecule has 1 aromatic rings. The number of benzene rings is 1. The highest BCUT2D eigenvalue weighted by molar-refractivity contribution is 6.20. The lowest BCUT2D eigenvalue weighted by molar-refractivity contribution is -0.134. The second-order valence-electron chi connectivity index (χ2n) is 7.24. The van der Waals surface area contributed by atoms with Crippen LogP contribution in [0, 0.1) is 17.3 Å². The van der Waals surface area contributed by atoms with Crippen LogP contribution in [-0.2, 0) is 19.1 Å². The third kappa shape index (κ3) is 1.12. The molecule has 2 heterocycles. The quantitative estimate of drug-likeness (QED) is 0.740.